The van der Waals surface area contributed by atoms with Crippen molar-refractivity contribution in [3.05, 3.63) is 23.1 Å². The van der Waals surface area contributed by atoms with Gasteiger partial charge in [-0.25, -0.2) is 8.78 Å². The minimum Gasteiger partial charge on any atom is -0.448 e. The predicted molar refractivity (Wildman–Crippen MR) is 46.4 cm³/mol. The van der Waals surface area contributed by atoms with E-state index in [1.165, 1.54) is 12.1 Å². The number of alkyl halides is 4. The van der Waals surface area contributed by atoms with Crippen LogP contribution in [0, 0.1) is 0 Å². The maximum Gasteiger partial charge on any atom is 0.319 e. The molecule has 1 aromatic heterocycles. The summed E-state index contributed by atoms with van der Waals surface area (Å²) in [5.74, 6) is -3.72. The van der Waals surface area contributed by atoms with Crippen LogP contribution in [0.5, 0.6) is 0 Å². The second-order valence-corrected chi connectivity index (χ2v) is 3.24. The molecule has 1 aromatic rings. The van der Waals surface area contributed by atoms with E-state index in [1.54, 1.807) is 0 Å². The highest BCUT2D eigenvalue weighted by atomic mass is 35.5. The lowest BCUT2D eigenvalue weighted by Crippen LogP contribution is -2.38. The Kier molecular flexibility index (Phi) is 3.98. The molecule has 2 nitrogen and oxygen atoms in total. The number of nitrogens with one attached hydrogen (secondary N) is 1. The molecule has 1 heterocycles. The van der Waals surface area contributed by atoms with E-state index in [4.69, 9.17) is 16.0 Å². The van der Waals surface area contributed by atoms with Gasteiger partial charge in [0.1, 0.15) is 5.76 Å². The SMILES string of the molecule is FC(F)C(F)(F)CNCc1ccc(Cl)o1. The fraction of sp³-hybridized carbons (Fsp3) is 0.500. The molecule has 0 atom stereocenters. The van der Waals surface area contributed by atoms with Gasteiger partial charge in [-0.2, -0.15) is 8.78 Å². The molecule has 0 radical (unpaired) electrons. The van der Waals surface area contributed by atoms with E-state index in [0.29, 0.717) is 5.76 Å². The van der Waals surface area contributed by atoms with Crippen molar-refractivity contribution in [3.63, 3.8) is 0 Å². The second kappa shape index (κ2) is 4.85. The van der Waals surface area contributed by atoms with Crippen molar-refractivity contribution in [2.75, 3.05) is 6.54 Å². The van der Waals surface area contributed by atoms with Crippen LogP contribution in [-0.2, 0) is 6.54 Å². The number of rotatable bonds is 5. The molecule has 0 saturated heterocycles. The van der Waals surface area contributed by atoms with Gasteiger partial charge < -0.3 is 9.73 Å². The van der Waals surface area contributed by atoms with Gasteiger partial charge in [0.2, 0.25) is 0 Å². The monoisotopic (exact) mass is 245 g/mol. The normalized spacial score (nSPS) is 12.4. The lowest BCUT2D eigenvalue weighted by atomic mass is 10.3. The van der Waals surface area contributed by atoms with E-state index < -0.39 is 18.9 Å². The van der Waals surface area contributed by atoms with Crippen LogP contribution in [0.2, 0.25) is 5.22 Å². The van der Waals surface area contributed by atoms with E-state index >= 15 is 0 Å². The van der Waals surface area contributed by atoms with Crippen LogP contribution in [-0.4, -0.2) is 18.9 Å². The Morgan fingerprint density at radius 3 is 2.53 bits per heavy atom. The van der Waals surface area contributed by atoms with Crippen molar-refractivity contribution < 1.29 is 22.0 Å². The van der Waals surface area contributed by atoms with Crippen molar-refractivity contribution in [1.82, 2.24) is 5.32 Å². The number of hydrogen-bond acceptors (Lipinski definition) is 2. The highest BCUT2D eigenvalue weighted by molar-refractivity contribution is 6.28. The van der Waals surface area contributed by atoms with Crippen LogP contribution in [0.15, 0.2) is 16.5 Å². The Bertz CT molecular complexity index is 315. The average Bonchev–Trinajstić information content (AvgIpc) is 2.51. The molecule has 0 aliphatic heterocycles. The summed E-state index contributed by atoms with van der Waals surface area (Å²) in [7, 11) is 0. The van der Waals surface area contributed by atoms with Crippen molar-refractivity contribution in [3.8, 4) is 0 Å². The first-order chi connectivity index (χ1) is 6.92. The van der Waals surface area contributed by atoms with E-state index in [9.17, 15) is 17.6 Å². The highest BCUT2D eigenvalue weighted by Gasteiger charge is 2.39. The molecule has 7 heteroatoms. The highest BCUT2D eigenvalue weighted by Crippen LogP contribution is 2.21. The lowest BCUT2D eigenvalue weighted by molar-refractivity contribution is -0.125. The fourth-order valence-electron chi connectivity index (χ4n) is 0.876. The van der Waals surface area contributed by atoms with Gasteiger partial charge in [-0.15, -0.1) is 0 Å². The largest absolute Gasteiger partial charge is 0.448 e. The van der Waals surface area contributed by atoms with E-state index in [-0.39, 0.29) is 11.8 Å². The van der Waals surface area contributed by atoms with Gasteiger partial charge in [-0.1, -0.05) is 0 Å². The zero-order valence-corrected chi connectivity index (χ0v) is 8.20. The van der Waals surface area contributed by atoms with Crippen LogP contribution < -0.4 is 5.32 Å². The standard InChI is InChI=1S/C8H8ClF4NO/c9-6-2-1-5(15-6)3-14-4-8(12,13)7(10)11/h1-2,7,14H,3-4H2. The molecule has 0 spiro atoms. The van der Waals surface area contributed by atoms with Crippen molar-refractivity contribution in [2.45, 2.75) is 18.9 Å². The third-order valence-corrected chi connectivity index (χ3v) is 1.81. The summed E-state index contributed by atoms with van der Waals surface area (Å²) in [6.45, 7) is -1.18. The Morgan fingerprint density at radius 2 is 2.07 bits per heavy atom. The van der Waals surface area contributed by atoms with Crippen LogP contribution in [0.3, 0.4) is 0 Å². The quantitative estimate of drug-likeness (QED) is 0.807. The molecule has 0 aliphatic carbocycles. The van der Waals surface area contributed by atoms with E-state index in [2.05, 4.69) is 5.32 Å². The molecule has 86 valence electrons. The first kappa shape index (κ1) is 12.3. The first-order valence-electron chi connectivity index (χ1n) is 4.03. The van der Waals surface area contributed by atoms with Gasteiger partial charge in [-0.05, 0) is 23.7 Å². The lowest BCUT2D eigenvalue weighted by Gasteiger charge is -2.14. The molecule has 0 unspecified atom stereocenters. The molecule has 0 amide bonds. The van der Waals surface area contributed by atoms with Crippen LogP contribution in [0.4, 0.5) is 17.6 Å². The molecular weight excluding hydrogens is 238 g/mol. The van der Waals surface area contributed by atoms with Gasteiger partial charge in [0.15, 0.2) is 5.22 Å². The zero-order valence-electron chi connectivity index (χ0n) is 7.44. The molecule has 1 rings (SSSR count). The fourth-order valence-corrected chi connectivity index (χ4v) is 1.04. The summed E-state index contributed by atoms with van der Waals surface area (Å²) in [4.78, 5) is 0. The third-order valence-electron chi connectivity index (χ3n) is 1.61. The number of furan rings is 1. The molecule has 0 saturated carbocycles. The minimum absolute atomic E-state index is 0.0744. The Labute approximate surface area is 88.2 Å². The van der Waals surface area contributed by atoms with E-state index in [0.717, 1.165) is 0 Å². The Hall–Kier alpha value is -0.750. The summed E-state index contributed by atoms with van der Waals surface area (Å²) >= 11 is 5.42. The molecule has 15 heavy (non-hydrogen) atoms. The van der Waals surface area contributed by atoms with Gasteiger partial charge in [0, 0.05) is 0 Å². The van der Waals surface area contributed by atoms with Crippen LogP contribution >= 0.6 is 11.6 Å². The molecule has 0 aliphatic rings. The summed E-state index contributed by atoms with van der Waals surface area (Å²) in [6, 6.07) is 2.90. The van der Waals surface area contributed by atoms with Crippen molar-refractivity contribution >= 4 is 11.6 Å². The molecule has 0 fully saturated rings. The van der Waals surface area contributed by atoms with Crippen LogP contribution in [0.25, 0.3) is 0 Å². The average molecular weight is 246 g/mol. The van der Waals surface area contributed by atoms with Gasteiger partial charge in [0.25, 0.3) is 0 Å². The maximum atomic E-state index is 12.4. The summed E-state index contributed by atoms with van der Waals surface area (Å²) < 4.78 is 53.0. The number of halogens is 5. The number of hydrogen-bond donors (Lipinski definition) is 1. The van der Waals surface area contributed by atoms with Gasteiger partial charge in [0.05, 0.1) is 13.1 Å². The topological polar surface area (TPSA) is 25.2 Å². The molecular formula is C8H8ClF4NO. The molecule has 0 bridgehead atoms. The summed E-state index contributed by atoms with van der Waals surface area (Å²) in [5.41, 5.74) is 0. The summed E-state index contributed by atoms with van der Waals surface area (Å²) in [6.07, 6.45) is -3.68. The smallest absolute Gasteiger partial charge is 0.319 e. The van der Waals surface area contributed by atoms with Gasteiger partial charge in [-0.3, -0.25) is 0 Å². The first-order valence-corrected chi connectivity index (χ1v) is 4.40. The Balaban J connectivity index is 2.33. The maximum absolute atomic E-state index is 12.4. The van der Waals surface area contributed by atoms with Crippen molar-refractivity contribution in [1.29, 1.82) is 0 Å². The van der Waals surface area contributed by atoms with Crippen LogP contribution in [0.1, 0.15) is 5.76 Å². The zero-order chi connectivity index (χ0) is 11.5. The predicted octanol–water partition coefficient (Wildman–Crippen LogP) is 2.92. The second-order valence-electron chi connectivity index (χ2n) is 2.87. The minimum atomic E-state index is -4.03. The molecule has 1 N–H and O–H groups in total. The van der Waals surface area contributed by atoms with Crippen molar-refractivity contribution in [2.24, 2.45) is 0 Å². The summed E-state index contributed by atoms with van der Waals surface area (Å²) in [5, 5.41) is 2.27. The third kappa shape index (κ3) is 3.71. The Morgan fingerprint density at radius 1 is 1.40 bits per heavy atom. The van der Waals surface area contributed by atoms with E-state index in [1.807, 2.05) is 0 Å². The van der Waals surface area contributed by atoms with Gasteiger partial charge >= 0.3 is 12.3 Å². The molecule has 0 aromatic carbocycles.